The summed E-state index contributed by atoms with van der Waals surface area (Å²) >= 11 is 0. The van der Waals surface area contributed by atoms with E-state index >= 15 is 0 Å². The maximum Gasteiger partial charge on any atom is 0.405 e. The van der Waals surface area contributed by atoms with Crippen LogP contribution in [0.5, 0.6) is 0 Å². The largest absolute Gasteiger partial charge is 0.465 e. The molecule has 2 fully saturated rings. The van der Waals surface area contributed by atoms with Crippen molar-refractivity contribution in [1.29, 1.82) is 0 Å². The van der Waals surface area contributed by atoms with Gasteiger partial charge in [-0.1, -0.05) is 40.0 Å². The zero-order valence-corrected chi connectivity index (χ0v) is 22.4. The second kappa shape index (κ2) is 12.0. The molecule has 208 valence electrons. The number of hydrogen-bond acceptors (Lipinski definition) is 5. The van der Waals surface area contributed by atoms with Gasteiger partial charge < -0.3 is 30.1 Å². The van der Waals surface area contributed by atoms with Gasteiger partial charge in [0.05, 0.1) is 6.04 Å². The maximum atomic E-state index is 13.7. The summed E-state index contributed by atoms with van der Waals surface area (Å²) in [5, 5.41) is 14.5. The minimum absolute atomic E-state index is 0.0847. The first kappa shape index (κ1) is 30.2. The number of likely N-dealkylation sites (tertiary alicyclic amines) is 1. The van der Waals surface area contributed by atoms with Crippen LogP contribution in [0.25, 0.3) is 0 Å². The van der Waals surface area contributed by atoms with Gasteiger partial charge in [-0.05, 0) is 43.4 Å². The Hall–Kier alpha value is -2.01. The molecular weight excluding hydrogens is 476 g/mol. The first-order valence-electron chi connectivity index (χ1n) is 12.7. The van der Waals surface area contributed by atoms with Crippen LogP contribution >= 0.6 is 0 Å². The lowest BCUT2D eigenvalue weighted by Gasteiger charge is -2.36. The Morgan fingerprint density at radius 1 is 1.06 bits per heavy atom. The highest BCUT2D eigenvalue weighted by atomic mass is 19.3. The van der Waals surface area contributed by atoms with Crippen LogP contribution in [-0.4, -0.2) is 79.0 Å². The second-order valence-corrected chi connectivity index (χ2v) is 11.6. The fourth-order valence-corrected chi connectivity index (χ4v) is 5.51. The molecule has 11 heteroatoms. The lowest BCUT2D eigenvalue weighted by Crippen LogP contribution is -2.58. The van der Waals surface area contributed by atoms with E-state index in [0.29, 0.717) is 13.0 Å². The molecule has 1 aliphatic heterocycles. The molecule has 0 radical (unpaired) electrons. The zero-order valence-electron chi connectivity index (χ0n) is 22.4. The van der Waals surface area contributed by atoms with E-state index in [1.807, 2.05) is 0 Å². The summed E-state index contributed by atoms with van der Waals surface area (Å²) in [6, 6.07) is -2.76. The Morgan fingerprint density at radius 2 is 1.64 bits per heavy atom. The van der Waals surface area contributed by atoms with E-state index in [0.717, 1.165) is 39.0 Å². The first-order valence-corrected chi connectivity index (χ1v) is 12.7. The number of halogens is 2. The number of nitrogens with one attached hydrogen (secondary N) is 2. The average Bonchev–Trinajstić information content (AvgIpc) is 3.14. The number of amides is 3. The molecule has 1 spiro atoms. The third-order valence-corrected chi connectivity index (χ3v) is 7.40. The smallest absolute Gasteiger partial charge is 0.405 e. The number of methoxy groups -OCH3 is 2. The number of alkyl halides is 2. The fraction of sp³-hybridized carbons (Fsp3) is 0.880. The van der Waals surface area contributed by atoms with E-state index in [1.165, 1.54) is 19.1 Å². The van der Waals surface area contributed by atoms with Crippen LogP contribution < -0.4 is 10.6 Å². The molecule has 2 aliphatic rings. The van der Waals surface area contributed by atoms with Gasteiger partial charge in [-0.25, -0.2) is 13.6 Å². The van der Waals surface area contributed by atoms with Gasteiger partial charge in [0.1, 0.15) is 12.1 Å². The summed E-state index contributed by atoms with van der Waals surface area (Å²) in [7, 11) is 2.73. The molecule has 0 aromatic rings. The second-order valence-electron chi connectivity index (χ2n) is 11.6. The highest BCUT2D eigenvalue weighted by Gasteiger charge is 2.51. The first-order chi connectivity index (χ1) is 16.6. The van der Waals surface area contributed by atoms with E-state index in [4.69, 9.17) is 9.47 Å². The molecule has 0 aromatic heterocycles. The van der Waals surface area contributed by atoms with Gasteiger partial charge in [0.25, 0.3) is 0 Å². The number of ether oxygens (including phenoxy) is 2. The highest BCUT2D eigenvalue weighted by molar-refractivity contribution is 5.92. The lowest BCUT2D eigenvalue weighted by atomic mass is 9.72. The molecular formula is C25H43F2N3O6. The number of carboxylic acid groups (broad SMARTS) is 1. The summed E-state index contributed by atoms with van der Waals surface area (Å²) in [6.07, 6.45) is 2.44. The summed E-state index contributed by atoms with van der Waals surface area (Å²) in [6.45, 7) is 6.45. The van der Waals surface area contributed by atoms with Gasteiger partial charge in [0.15, 0.2) is 6.29 Å². The molecule has 1 saturated heterocycles. The van der Waals surface area contributed by atoms with Crippen molar-refractivity contribution in [2.75, 3.05) is 20.8 Å². The Balaban J connectivity index is 2.35. The maximum absolute atomic E-state index is 13.7. The van der Waals surface area contributed by atoms with Gasteiger partial charge in [0, 0.05) is 27.2 Å². The third-order valence-electron chi connectivity index (χ3n) is 7.40. The molecule has 1 saturated carbocycles. The Labute approximate surface area is 212 Å². The zero-order chi connectivity index (χ0) is 27.3. The molecule has 36 heavy (non-hydrogen) atoms. The van der Waals surface area contributed by atoms with Crippen molar-refractivity contribution < 1.29 is 37.7 Å². The van der Waals surface area contributed by atoms with Gasteiger partial charge in [-0.15, -0.1) is 0 Å². The normalized spacial score (nSPS) is 21.9. The number of carbonyl (C=O) groups is 3. The van der Waals surface area contributed by atoms with Crippen LogP contribution in [0.2, 0.25) is 0 Å². The molecule has 9 nitrogen and oxygen atoms in total. The predicted molar refractivity (Wildman–Crippen MR) is 130 cm³/mol. The van der Waals surface area contributed by atoms with E-state index in [2.05, 4.69) is 10.6 Å². The van der Waals surface area contributed by atoms with E-state index in [1.54, 1.807) is 20.8 Å². The van der Waals surface area contributed by atoms with E-state index < -0.39 is 60.1 Å². The molecule has 0 bridgehead atoms. The Kier molecular flexibility index (Phi) is 10.1. The van der Waals surface area contributed by atoms with Crippen molar-refractivity contribution in [2.45, 2.75) is 109 Å². The number of carbonyl (C=O) groups excluding carboxylic acids is 2. The number of hydrogen-bond donors (Lipinski definition) is 3. The van der Waals surface area contributed by atoms with Gasteiger partial charge in [0.2, 0.25) is 17.7 Å². The van der Waals surface area contributed by atoms with Crippen molar-refractivity contribution in [3.8, 4) is 0 Å². The standard InChI is InChI=1S/C25H43F2N3O6/c1-23(2,3)18(29-22(33)34)20(32)30-15-25(11-8-7-9-12-25)14-17(30)19(31)28-16(21(35-5)36-6)10-13-24(4,26)27/h16-18,21,29H,7-15H2,1-6H3,(H,28,31)(H,33,34)/t16-,17-,18+/m0/s1. The fourth-order valence-electron chi connectivity index (χ4n) is 5.51. The molecule has 3 atom stereocenters. The third kappa shape index (κ3) is 7.99. The Bertz CT molecular complexity index is 773. The molecule has 3 N–H and O–H groups in total. The number of rotatable bonds is 10. The lowest BCUT2D eigenvalue weighted by molar-refractivity contribution is -0.148. The topological polar surface area (TPSA) is 117 Å². The Morgan fingerprint density at radius 3 is 2.11 bits per heavy atom. The molecule has 0 unspecified atom stereocenters. The summed E-state index contributed by atoms with van der Waals surface area (Å²) in [4.78, 5) is 40.3. The van der Waals surface area contributed by atoms with Crippen LogP contribution in [0, 0.1) is 10.8 Å². The highest BCUT2D eigenvalue weighted by Crippen LogP contribution is 2.47. The summed E-state index contributed by atoms with van der Waals surface area (Å²) in [5.41, 5.74) is -0.958. The predicted octanol–water partition coefficient (Wildman–Crippen LogP) is 3.76. The van der Waals surface area contributed by atoms with Crippen molar-refractivity contribution in [2.24, 2.45) is 10.8 Å². The van der Waals surface area contributed by atoms with Crippen molar-refractivity contribution >= 4 is 17.9 Å². The molecule has 2 rings (SSSR count). The van der Waals surface area contributed by atoms with Crippen LogP contribution in [0.1, 0.15) is 79.1 Å². The van der Waals surface area contributed by atoms with Gasteiger partial charge in [-0.2, -0.15) is 0 Å². The van der Waals surface area contributed by atoms with Crippen molar-refractivity contribution in [3.63, 3.8) is 0 Å². The molecule has 3 amide bonds. The van der Waals surface area contributed by atoms with Crippen LogP contribution in [0.15, 0.2) is 0 Å². The van der Waals surface area contributed by atoms with Crippen molar-refractivity contribution in [1.82, 2.24) is 15.5 Å². The van der Waals surface area contributed by atoms with Gasteiger partial charge >= 0.3 is 6.09 Å². The minimum atomic E-state index is -2.93. The van der Waals surface area contributed by atoms with E-state index in [9.17, 15) is 28.3 Å². The molecule has 1 heterocycles. The van der Waals surface area contributed by atoms with Crippen molar-refractivity contribution in [3.05, 3.63) is 0 Å². The minimum Gasteiger partial charge on any atom is -0.465 e. The average molecular weight is 520 g/mol. The molecule has 1 aliphatic carbocycles. The SMILES string of the molecule is COC(OC)[C@H](CCC(C)(F)F)NC(=O)[C@@H]1CC2(CCCCC2)CN1C(=O)[C@@H](NC(=O)O)C(C)(C)C. The number of nitrogens with zero attached hydrogens (tertiary/aromatic N) is 1. The quantitative estimate of drug-likeness (QED) is 0.379. The molecule has 0 aromatic carbocycles. The van der Waals surface area contributed by atoms with Crippen LogP contribution in [-0.2, 0) is 19.1 Å². The van der Waals surface area contributed by atoms with Crippen LogP contribution in [0.3, 0.4) is 0 Å². The summed E-state index contributed by atoms with van der Waals surface area (Å²) in [5.74, 6) is -3.87. The van der Waals surface area contributed by atoms with E-state index in [-0.39, 0.29) is 11.8 Å². The van der Waals surface area contributed by atoms with Crippen LogP contribution in [0.4, 0.5) is 13.6 Å². The van der Waals surface area contributed by atoms with Gasteiger partial charge in [-0.3, -0.25) is 9.59 Å². The monoisotopic (exact) mass is 519 g/mol. The summed E-state index contributed by atoms with van der Waals surface area (Å²) < 4.78 is 37.7.